The van der Waals surface area contributed by atoms with Gasteiger partial charge in [0.05, 0.1) is 11.0 Å². The summed E-state index contributed by atoms with van der Waals surface area (Å²) in [4.78, 5) is 14.8. The van der Waals surface area contributed by atoms with Gasteiger partial charge in [-0.15, -0.1) is 0 Å². The molecule has 0 saturated heterocycles. The minimum Gasteiger partial charge on any atom is -0.366 e. The number of nitrogens with two attached hydrogens (primary N) is 1. The quantitative estimate of drug-likeness (QED) is 0.610. The lowest BCUT2D eigenvalue weighted by atomic mass is 9.74. The summed E-state index contributed by atoms with van der Waals surface area (Å²) >= 11 is 0. The van der Waals surface area contributed by atoms with Crippen molar-refractivity contribution < 1.29 is 9.18 Å². The predicted molar refractivity (Wildman–Crippen MR) is 122 cm³/mol. The van der Waals surface area contributed by atoms with Crippen LogP contribution >= 0.6 is 0 Å². The number of allylic oxidation sites excluding steroid dienone is 2. The molecule has 4 heteroatoms. The summed E-state index contributed by atoms with van der Waals surface area (Å²) in [6.45, 7) is 4.57. The van der Waals surface area contributed by atoms with Gasteiger partial charge in [-0.3, -0.25) is 4.79 Å². The molecule has 4 rings (SSSR count). The molecule has 0 aliphatic carbocycles. The molecule has 2 N–H and O–H groups in total. The Labute approximate surface area is 182 Å². The third-order valence-corrected chi connectivity index (χ3v) is 6.02. The van der Waals surface area contributed by atoms with Crippen molar-refractivity contribution in [2.75, 3.05) is 0 Å². The van der Waals surface area contributed by atoms with Crippen molar-refractivity contribution in [2.24, 2.45) is 5.73 Å². The number of benzene rings is 3. The molecule has 3 aromatic carbocycles. The highest BCUT2D eigenvalue weighted by Gasteiger charge is 2.47. The first-order chi connectivity index (χ1) is 14.9. The summed E-state index contributed by atoms with van der Waals surface area (Å²) in [6.07, 6.45) is 2.02. The van der Waals surface area contributed by atoms with E-state index in [1.54, 1.807) is 12.1 Å². The van der Waals surface area contributed by atoms with Crippen molar-refractivity contribution in [2.45, 2.75) is 25.8 Å². The average Bonchev–Trinajstić information content (AvgIpc) is 2.98. The fourth-order valence-electron chi connectivity index (χ4n) is 4.47. The summed E-state index contributed by atoms with van der Waals surface area (Å²) in [5, 5.41) is 0. The Morgan fingerprint density at radius 2 is 1.55 bits per heavy atom. The zero-order valence-electron chi connectivity index (χ0n) is 17.7. The van der Waals surface area contributed by atoms with E-state index in [-0.39, 0.29) is 5.82 Å². The van der Waals surface area contributed by atoms with Crippen molar-refractivity contribution in [3.8, 4) is 0 Å². The minimum absolute atomic E-state index is 0.285. The number of carbonyl (C=O) groups is 1. The Bertz CT molecular complexity index is 1150. The van der Waals surface area contributed by atoms with Crippen LogP contribution in [0.15, 0.2) is 102 Å². The van der Waals surface area contributed by atoms with Crippen molar-refractivity contribution >= 4 is 12.0 Å². The van der Waals surface area contributed by atoms with Gasteiger partial charge in [-0.05, 0) is 48.7 Å². The Kier molecular flexibility index (Phi) is 5.47. The van der Waals surface area contributed by atoms with E-state index in [9.17, 15) is 9.18 Å². The maximum atomic E-state index is 13.5. The van der Waals surface area contributed by atoms with E-state index in [1.807, 2.05) is 68.5 Å². The van der Waals surface area contributed by atoms with Gasteiger partial charge in [-0.2, -0.15) is 0 Å². The second-order valence-electron chi connectivity index (χ2n) is 7.97. The third kappa shape index (κ3) is 3.77. The van der Waals surface area contributed by atoms with Crippen LogP contribution in [-0.2, 0) is 16.8 Å². The van der Waals surface area contributed by atoms with Gasteiger partial charge >= 0.3 is 0 Å². The highest BCUT2D eigenvalue weighted by molar-refractivity contribution is 5.98. The summed E-state index contributed by atoms with van der Waals surface area (Å²) in [6, 6.07) is 26.4. The number of hydrogen-bond donors (Lipinski definition) is 1. The topological polar surface area (TPSA) is 46.3 Å². The van der Waals surface area contributed by atoms with Gasteiger partial charge in [0.25, 0.3) is 0 Å². The van der Waals surface area contributed by atoms with Crippen LogP contribution in [0.1, 0.15) is 30.5 Å². The normalized spacial score (nSPS) is 19.8. The predicted octanol–water partition coefficient (Wildman–Crippen LogP) is 5.40. The minimum atomic E-state index is -0.736. The first kappa shape index (κ1) is 20.6. The molecule has 1 aliphatic rings. The number of rotatable bonds is 5. The van der Waals surface area contributed by atoms with Crippen molar-refractivity contribution in [1.82, 2.24) is 4.90 Å². The van der Waals surface area contributed by atoms with Gasteiger partial charge in [0.2, 0.25) is 5.91 Å². The number of carbonyl (C=O) groups excluding carboxylic acids is 1. The van der Waals surface area contributed by atoms with Crippen LogP contribution in [0.4, 0.5) is 4.39 Å². The highest BCUT2D eigenvalue weighted by Crippen LogP contribution is 2.50. The summed E-state index contributed by atoms with van der Waals surface area (Å²) < 4.78 is 13.5. The summed E-state index contributed by atoms with van der Waals surface area (Å²) in [7, 11) is 0. The Morgan fingerprint density at radius 3 is 2.13 bits per heavy atom. The molecule has 1 unspecified atom stereocenters. The average molecular weight is 413 g/mol. The van der Waals surface area contributed by atoms with E-state index in [4.69, 9.17) is 5.73 Å². The van der Waals surface area contributed by atoms with Gasteiger partial charge in [-0.1, -0.05) is 72.8 Å². The van der Waals surface area contributed by atoms with Gasteiger partial charge in [0.15, 0.2) is 0 Å². The van der Waals surface area contributed by atoms with E-state index in [0.717, 1.165) is 28.1 Å². The largest absolute Gasteiger partial charge is 0.366 e. The number of nitrogens with zero attached hydrogens (tertiary/aromatic N) is 1. The van der Waals surface area contributed by atoms with Crippen LogP contribution in [-0.4, -0.2) is 10.8 Å². The molecule has 1 aliphatic heterocycles. The molecule has 1 atom stereocenters. The number of hydrogen-bond acceptors (Lipinski definition) is 2. The zero-order valence-corrected chi connectivity index (χ0v) is 17.7. The summed E-state index contributed by atoms with van der Waals surface area (Å²) in [5.74, 6) is -0.725. The molecule has 0 fully saturated rings. The Morgan fingerprint density at radius 1 is 0.968 bits per heavy atom. The molecule has 0 bridgehead atoms. The van der Waals surface area contributed by atoms with E-state index in [0.29, 0.717) is 12.1 Å². The van der Waals surface area contributed by atoms with Gasteiger partial charge in [0.1, 0.15) is 5.82 Å². The lowest BCUT2D eigenvalue weighted by Gasteiger charge is -2.33. The summed E-state index contributed by atoms with van der Waals surface area (Å²) in [5.41, 5.74) is 10.5. The molecule has 0 spiro atoms. The first-order valence-electron chi connectivity index (χ1n) is 10.3. The molecular formula is C27H25FN2O. The van der Waals surface area contributed by atoms with Crippen molar-refractivity contribution in [1.29, 1.82) is 0 Å². The van der Waals surface area contributed by atoms with Crippen LogP contribution in [0, 0.1) is 5.82 Å². The lowest BCUT2D eigenvalue weighted by molar-refractivity contribution is -0.115. The van der Waals surface area contributed by atoms with Crippen LogP contribution < -0.4 is 5.73 Å². The SMILES string of the molecule is CC1=C(C(N)=O)C(C)(c2ccccc2)/C(=C/c2ccc(F)cc2)N1Cc1ccccc1. The van der Waals surface area contributed by atoms with Gasteiger partial charge in [-0.25, -0.2) is 4.39 Å². The number of primary amides is 1. The van der Waals surface area contributed by atoms with Gasteiger partial charge in [0, 0.05) is 17.9 Å². The molecular weight excluding hydrogens is 387 g/mol. The van der Waals surface area contributed by atoms with E-state index < -0.39 is 11.3 Å². The van der Waals surface area contributed by atoms with E-state index in [2.05, 4.69) is 17.0 Å². The molecule has 31 heavy (non-hydrogen) atoms. The first-order valence-corrected chi connectivity index (χ1v) is 10.3. The molecule has 0 saturated carbocycles. The van der Waals surface area contributed by atoms with Crippen LogP contribution in [0.25, 0.3) is 6.08 Å². The van der Waals surface area contributed by atoms with Crippen LogP contribution in [0.2, 0.25) is 0 Å². The molecule has 1 heterocycles. The molecule has 0 aromatic heterocycles. The van der Waals surface area contributed by atoms with Crippen molar-refractivity contribution in [3.05, 3.63) is 124 Å². The van der Waals surface area contributed by atoms with Gasteiger partial charge < -0.3 is 10.6 Å². The van der Waals surface area contributed by atoms with Crippen LogP contribution in [0.5, 0.6) is 0 Å². The fraction of sp³-hybridized carbons (Fsp3) is 0.148. The molecule has 1 amide bonds. The smallest absolute Gasteiger partial charge is 0.247 e. The number of halogens is 1. The second-order valence-corrected chi connectivity index (χ2v) is 7.97. The highest BCUT2D eigenvalue weighted by atomic mass is 19.1. The number of amides is 1. The zero-order chi connectivity index (χ0) is 22.0. The lowest BCUT2D eigenvalue weighted by Crippen LogP contribution is -2.33. The Hall–Kier alpha value is -3.66. The third-order valence-electron chi connectivity index (χ3n) is 6.02. The van der Waals surface area contributed by atoms with E-state index in [1.165, 1.54) is 12.1 Å². The maximum Gasteiger partial charge on any atom is 0.247 e. The molecule has 3 nitrogen and oxygen atoms in total. The molecule has 156 valence electrons. The standard InChI is InChI=1S/C27H25FN2O/c1-19-25(26(29)31)27(2,22-11-7-4-8-12-22)24(17-20-13-15-23(28)16-14-20)30(19)18-21-9-5-3-6-10-21/h3-17H,18H2,1-2H3,(H2,29,31)/b24-17-. The van der Waals surface area contributed by atoms with E-state index >= 15 is 0 Å². The van der Waals surface area contributed by atoms with Crippen molar-refractivity contribution in [3.63, 3.8) is 0 Å². The maximum absolute atomic E-state index is 13.5. The monoisotopic (exact) mass is 412 g/mol. The second kappa shape index (κ2) is 8.23. The Balaban J connectivity index is 1.94. The van der Waals surface area contributed by atoms with Crippen LogP contribution in [0.3, 0.4) is 0 Å². The fourth-order valence-corrected chi connectivity index (χ4v) is 4.47. The molecule has 3 aromatic rings. The molecule has 0 radical (unpaired) electrons.